The van der Waals surface area contributed by atoms with Gasteiger partial charge in [0, 0.05) is 4.47 Å². The van der Waals surface area contributed by atoms with E-state index in [1.165, 1.54) is 12.1 Å². The van der Waals surface area contributed by atoms with Crippen LogP contribution in [0.4, 0.5) is 5.95 Å². The number of nitrogens with one attached hydrogen (secondary N) is 1. The van der Waals surface area contributed by atoms with E-state index in [1.54, 1.807) is 19.9 Å². The molecule has 20 heavy (non-hydrogen) atoms. The second-order valence-electron chi connectivity index (χ2n) is 3.99. The van der Waals surface area contributed by atoms with Crippen LogP contribution in [0.5, 0.6) is 0 Å². The molecular weight excluding hydrogens is 368 g/mol. The van der Waals surface area contributed by atoms with E-state index in [0.29, 0.717) is 15.9 Å². The Hall–Kier alpha value is -1.25. The maximum atomic E-state index is 12.2. The number of aryl methyl sites for hydroxylation is 2. The summed E-state index contributed by atoms with van der Waals surface area (Å²) >= 11 is 9.14. The smallest absolute Gasteiger partial charge is 0.246 e. The highest BCUT2D eigenvalue weighted by molar-refractivity contribution is 9.10. The third-order valence-electron chi connectivity index (χ3n) is 2.50. The maximum Gasteiger partial charge on any atom is 0.265 e. The molecule has 0 saturated carbocycles. The number of benzene rings is 1. The molecule has 0 aliphatic carbocycles. The van der Waals surface area contributed by atoms with Crippen LogP contribution in [-0.2, 0) is 10.0 Å². The molecule has 2 rings (SSSR count). The molecule has 0 aliphatic heterocycles. The van der Waals surface area contributed by atoms with Gasteiger partial charge < -0.3 is 0 Å². The van der Waals surface area contributed by atoms with Gasteiger partial charge in [-0.1, -0.05) is 27.5 Å². The van der Waals surface area contributed by atoms with Crippen LogP contribution in [0.1, 0.15) is 11.4 Å². The Morgan fingerprint density at radius 1 is 1.20 bits per heavy atom. The van der Waals surface area contributed by atoms with Crippen LogP contribution in [0.15, 0.2) is 27.6 Å². The molecule has 0 atom stereocenters. The van der Waals surface area contributed by atoms with E-state index in [4.69, 9.17) is 11.6 Å². The molecule has 0 aliphatic rings. The Labute approximate surface area is 129 Å². The lowest BCUT2D eigenvalue weighted by atomic mass is 10.4. The van der Waals surface area contributed by atoms with E-state index in [-0.39, 0.29) is 15.9 Å². The lowest BCUT2D eigenvalue weighted by Gasteiger charge is -2.08. The third kappa shape index (κ3) is 3.25. The standard InChI is InChI=1S/C11H10BrClN4O2S/c1-6-7(2)15-16-11(14-6)17-20(18,19)10-4-3-8(12)5-9(10)13/h3-5H,1-2H3,(H,14,16,17). The van der Waals surface area contributed by atoms with Crippen molar-refractivity contribution in [3.8, 4) is 0 Å². The minimum atomic E-state index is -3.86. The Morgan fingerprint density at radius 2 is 1.90 bits per heavy atom. The summed E-state index contributed by atoms with van der Waals surface area (Å²) in [6, 6.07) is 4.47. The van der Waals surface area contributed by atoms with Crippen molar-refractivity contribution in [3.05, 3.63) is 39.1 Å². The molecule has 0 saturated heterocycles. The molecule has 0 spiro atoms. The molecule has 1 N–H and O–H groups in total. The van der Waals surface area contributed by atoms with Crippen molar-refractivity contribution in [1.29, 1.82) is 0 Å². The first kappa shape index (κ1) is 15.1. The number of nitrogens with zero attached hydrogens (tertiary/aromatic N) is 3. The Kier molecular flexibility index (Phi) is 4.26. The van der Waals surface area contributed by atoms with Gasteiger partial charge in [0.15, 0.2) is 0 Å². The Balaban J connectivity index is 2.38. The molecular formula is C11H10BrClN4O2S. The van der Waals surface area contributed by atoms with Crippen molar-refractivity contribution in [3.63, 3.8) is 0 Å². The SMILES string of the molecule is Cc1nnc(NS(=O)(=O)c2ccc(Br)cc2Cl)nc1C. The summed E-state index contributed by atoms with van der Waals surface area (Å²) in [4.78, 5) is 3.96. The summed E-state index contributed by atoms with van der Waals surface area (Å²) in [5.41, 5.74) is 1.23. The van der Waals surface area contributed by atoms with Crippen molar-refractivity contribution in [1.82, 2.24) is 15.2 Å². The average molecular weight is 378 g/mol. The number of halogens is 2. The van der Waals surface area contributed by atoms with Crippen LogP contribution in [0, 0.1) is 13.8 Å². The predicted molar refractivity (Wildman–Crippen MR) is 79.3 cm³/mol. The van der Waals surface area contributed by atoms with Gasteiger partial charge in [0.05, 0.1) is 16.4 Å². The number of sulfonamides is 1. The number of hydrogen-bond donors (Lipinski definition) is 1. The molecule has 106 valence electrons. The highest BCUT2D eigenvalue weighted by atomic mass is 79.9. The van der Waals surface area contributed by atoms with Crippen molar-refractivity contribution in [2.24, 2.45) is 0 Å². The van der Waals surface area contributed by atoms with Crippen LogP contribution >= 0.6 is 27.5 Å². The monoisotopic (exact) mass is 376 g/mol. The van der Waals surface area contributed by atoms with Crippen LogP contribution in [0.3, 0.4) is 0 Å². The number of anilines is 1. The van der Waals surface area contributed by atoms with Gasteiger partial charge in [-0.25, -0.2) is 18.1 Å². The van der Waals surface area contributed by atoms with E-state index in [2.05, 4.69) is 35.8 Å². The topological polar surface area (TPSA) is 84.8 Å². The molecule has 0 unspecified atom stereocenters. The van der Waals surface area contributed by atoms with E-state index in [9.17, 15) is 8.42 Å². The fourth-order valence-electron chi connectivity index (χ4n) is 1.37. The summed E-state index contributed by atoms with van der Waals surface area (Å²) < 4.78 is 27.4. The second-order valence-corrected chi connectivity index (χ2v) is 6.96. The minimum Gasteiger partial charge on any atom is -0.246 e. The highest BCUT2D eigenvalue weighted by Gasteiger charge is 2.19. The first-order chi connectivity index (χ1) is 9.29. The van der Waals surface area contributed by atoms with E-state index >= 15 is 0 Å². The van der Waals surface area contributed by atoms with Gasteiger partial charge in [-0.2, -0.15) is 5.10 Å². The Bertz CT molecular complexity index is 767. The van der Waals surface area contributed by atoms with Gasteiger partial charge in [0.25, 0.3) is 16.0 Å². The average Bonchev–Trinajstić information content (AvgIpc) is 2.33. The van der Waals surface area contributed by atoms with Crippen molar-refractivity contribution >= 4 is 43.5 Å². The number of rotatable bonds is 3. The molecule has 6 nitrogen and oxygen atoms in total. The lowest BCUT2D eigenvalue weighted by molar-refractivity contribution is 0.600. The fraction of sp³-hybridized carbons (Fsp3) is 0.182. The zero-order chi connectivity index (χ0) is 14.9. The quantitative estimate of drug-likeness (QED) is 0.889. The van der Waals surface area contributed by atoms with Gasteiger partial charge in [0.2, 0.25) is 0 Å². The van der Waals surface area contributed by atoms with Crippen molar-refractivity contribution in [2.45, 2.75) is 18.7 Å². The molecule has 0 bridgehead atoms. The van der Waals surface area contributed by atoms with Gasteiger partial charge in [-0.05, 0) is 32.0 Å². The van der Waals surface area contributed by atoms with E-state index in [0.717, 1.165) is 0 Å². The van der Waals surface area contributed by atoms with Gasteiger partial charge in [-0.15, -0.1) is 5.10 Å². The molecule has 0 fully saturated rings. The van der Waals surface area contributed by atoms with E-state index in [1.807, 2.05) is 0 Å². The first-order valence-electron chi connectivity index (χ1n) is 5.45. The summed E-state index contributed by atoms with van der Waals surface area (Å²) in [5.74, 6) is -0.0907. The van der Waals surface area contributed by atoms with Crippen LogP contribution in [-0.4, -0.2) is 23.6 Å². The molecule has 0 radical (unpaired) electrons. The molecule has 2 aromatic rings. The van der Waals surface area contributed by atoms with Crippen molar-refractivity contribution < 1.29 is 8.42 Å². The normalized spacial score (nSPS) is 11.4. The van der Waals surface area contributed by atoms with Gasteiger partial charge in [-0.3, -0.25) is 0 Å². The number of aromatic nitrogens is 3. The van der Waals surface area contributed by atoms with Crippen LogP contribution < -0.4 is 4.72 Å². The summed E-state index contributed by atoms with van der Waals surface area (Å²) in [7, 11) is -3.86. The van der Waals surface area contributed by atoms with Crippen LogP contribution in [0.25, 0.3) is 0 Å². The zero-order valence-corrected chi connectivity index (χ0v) is 13.7. The highest BCUT2D eigenvalue weighted by Crippen LogP contribution is 2.26. The molecule has 1 heterocycles. The molecule has 0 amide bonds. The first-order valence-corrected chi connectivity index (χ1v) is 8.11. The maximum absolute atomic E-state index is 12.2. The van der Waals surface area contributed by atoms with Crippen molar-refractivity contribution in [2.75, 3.05) is 4.72 Å². The van der Waals surface area contributed by atoms with E-state index < -0.39 is 10.0 Å². The summed E-state index contributed by atoms with van der Waals surface area (Å²) in [6.07, 6.45) is 0. The predicted octanol–water partition coefficient (Wildman–Crippen LogP) is 2.71. The van der Waals surface area contributed by atoms with Crippen LogP contribution in [0.2, 0.25) is 5.02 Å². The summed E-state index contributed by atoms with van der Waals surface area (Å²) in [5, 5.41) is 7.61. The Morgan fingerprint density at radius 3 is 2.50 bits per heavy atom. The fourth-order valence-corrected chi connectivity index (χ4v) is 3.35. The molecule has 1 aromatic heterocycles. The minimum absolute atomic E-state index is 0.0517. The zero-order valence-electron chi connectivity index (χ0n) is 10.6. The molecule has 1 aromatic carbocycles. The van der Waals surface area contributed by atoms with Gasteiger partial charge in [0.1, 0.15) is 4.90 Å². The lowest BCUT2D eigenvalue weighted by Crippen LogP contribution is -2.16. The number of hydrogen-bond acceptors (Lipinski definition) is 5. The third-order valence-corrected chi connectivity index (χ3v) is 4.81. The second kappa shape index (κ2) is 5.63. The van der Waals surface area contributed by atoms with Gasteiger partial charge >= 0.3 is 0 Å². The molecule has 9 heteroatoms. The summed E-state index contributed by atoms with van der Waals surface area (Å²) in [6.45, 7) is 3.45. The largest absolute Gasteiger partial charge is 0.265 e.